The molecule has 0 atom stereocenters. The number of nitrogen functional groups attached to an aromatic ring is 1. The first-order valence-electron chi connectivity index (χ1n) is 7.10. The predicted octanol–water partition coefficient (Wildman–Crippen LogP) is 3.11. The molecule has 0 spiro atoms. The van der Waals surface area contributed by atoms with E-state index < -0.39 is 0 Å². The summed E-state index contributed by atoms with van der Waals surface area (Å²) in [5.74, 6) is 0.922. The van der Waals surface area contributed by atoms with E-state index in [1.165, 1.54) is 5.56 Å². The average Bonchev–Trinajstić information content (AvgIpc) is 2.45. The fourth-order valence-corrected chi connectivity index (χ4v) is 1.92. The van der Waals surface area contributed by atoms with Crippen molar-refractivity contribution in [2.24, 2.45) is 0 Å². The van der Waals surface area contributed by atoms with Gasteiger partial charge in [0.2, 0.25) is 11.9 Å². The number of nitrogens with zero attached hydrogens (tertiary/aromatic N) is 3. The maximum absolute atomic E-state index is 5.70. The Labute approximate surface area is 124 Å². The minimum Gasteiger partial charge on any atom is -0.463 e. The molecular formula is C15H21N5O. The average molecular weight is 287 g/mol. The topological polar surface area (TPSA) is 86.0 Å². The molecule has 6 nitrogen and oxygen atoms in total. The lowest BCUT2D eigenvalue weighted by Crippen LogP contribution is -2.08. The van der Waals surface area contributed by atoms with E-state index in [0.29, 0.717) is 18.5 Å². The van der Waals surface area contributed by atoms with Crippen LogP contribution in [0.25, 0.3) is 0 Å². The second-order valence-electron chi connectivity index (χ2n) is 5.02. The molecule has 2 rings (SSSR count). The van der Waals surface area contributed by atoms with Gasteiger partial charge in [-0.15, -0.1) is 0 Å². The van der Waals surface area contributed by atoms with Gasteiger partial charge >= 0.3 is 6.01 Å². The van der Waals surface area contributed by atoms with Crippen LogP contribution in [0, 0.1) is 0 Å². The molecular weight excluding hydrogens is 266 g/mol. The molecule has 0 amide bonds. The maximum atomic E-state index is 5.70. The van der Waals surface area contributed by atoms with Crippen molar-refractivity contribution in [2.75, 3.05) is 17.7 Å². The second kappa shape index (κ2) is 6.88. The molecule has 0 aliphatic rings. The summed E-state index contributed by atoms with van der Waals surface area (Å²) in [6.07, 6.45) is 0.879. The summed E-state index contributed by atoms with van der Waals surface area (Å²) in [5.41, 5.74) is 7.85. The maximum Gasteiger partial charge on any atom is 0.323 e. The van der Waals surface area contributed by atoms with Crippen molar-refractivity contribution in [3.05, 3.63) is 29.8 Å². The number of ether oxygens (including phenoxy) is 1. The van der Waals surface area contributed by atoms with Crippen molar-refractivity contribution in [2.45, 2.75) is 33.1 Å². The molecule has 0 aliphatic heterocycles. The minimum atomic E-state index is 0.139. The Morgan fingerprint density at radius 1 is 1.19 bits per heavy atom. The number of anilines is 3. The highest BCUT2D eigenvalue weighted by Gasteiger charge is 2.09. The lowest BCUT2D eigenvalue weighted by atomic mass is 10.0. The Morgan fingerprint density at radius 3 is 2.67 bits per heavy atom. The van der Waals surface area contributed by atoms with Crippen LogP contribution in [0.2, 0.25) is 0 Å². The summed E-state index contributed by atoms with van der Waals surface area (Å²) in [4.78, 5) is 12.3. The first-order chi connectivity index (χ1) is 10.1. The number of hydrogen-bond donors (Lipinski definition) is 2. The fourth-order valence-electron chi connectivity index (χ4n) is 1.92. The van der Waals surface area contributed by atoms with Gasteiger partial charge in [0.05, 0.1) is 6.61 Å². The van der Waals surface area contributed by atoms with E-state index >= 15 is 0 Å². The first kappa shape index (κ1) is 15.0. The summed E-state index contributed by atoms with van der Waals surface area (Å²) in [5, 5.41) is 3.19. The van der Waals surface area contributed by atoms with Crippen LogP contribution in [0.4, 0.5) is 17.6 Å². The van der Waals surface area contributed by atoms with Gasteiger partial charge in [0.25, 0.3) is 0 Å². The molecule has 3 N–H and O–H groups in total. The van der Waals surface area contributed by atoms with Crippen molar-refractivity contribution in [1.29, 1.82) is 0 Å². The number of aromatic nitrogens is 3. The first-order valence-corrected chi connectivity index (χ1v) is 7.10. The van der Waals surface area contributed by atoms with Crippen LogP contribution in [-0.2, 0) is 0 Å². The van der Waals surface area contributed by atoms with Crippen LogP contribution >= 0.6 is 0 Å². The second-order valence-corrected chi connectivity index (χ2v) is 5.02. The molecule has 0 saturated carbocycles. The molecule has 0 saturated heterocycles. The molecule has 6 heteroatoms. The van der Waals surface area contributed by atoms with Crippen molar-refractivity contribution in [3.8, 4) is 6.01 Å². The van der Waals surface area contributed by atoms with E-state index in [1.54, 1.807) is 0 Å². The molecule has 1 aromatic heterocycles. The molecule has 1 aromatic carbocycles. The zero-order chi connectivity index (χ0) is 15.2. The molecule has 0 unspecified atom stereocenters. The summed E-state index contributed by atoms with van der Waals surface area (Å²) < 4.78 is 5.41. The van der Waals surface area contributed by atoms with Gasteiger partial charge in [-0.3, -0.25) is 0 Å². The van der Waals surface area contributed by atoms with Crippen LogP contribution in [0.1, 0.15) is 38.7 Å². The SMILES string of the molecule is CCCOc1nc(N)nc(Nc2ccccc2C(C)C)n1. The summed E-state index contributed by atoms with van der Waals surface area (Å²) in [6.45, 7) is 6.84. The Balaban J connectivity index is 2.25. The normalized spacial score (nSPS) is 10.7. The van der Waals surface area contributed by atoms with Crippen LogP contribution < -0.4 is 15.8 Å². The number of nitrogens with two attached hydrogens (primary N) is 1. The summed E-state index contributed by atoms with van der Waals surface area (Å²) >= 11 is 0. The monoisotopic (exact) mass is 287 g/mol. The molecule has 2 aromatic rings. The van der Waals surface area contributed by atoms with Crippen LogP contribution in [0.3, 0.4) is 0 Å². The number of rotatable bonds is 6. The minimum absolute atomic E-state index is 0.139. The highest BCUT2D eigenvalue weighted by Crippen LogP contribution is 2.26. The zero-order valence-electron chi connectivity index (χ0n) is 12.6. The van der Waals surface area contributed by atoms with Crippen molar-refractivity contribution in [3.63, 3.8) is 0 Å². The molecule has 0 bridgehead atoms. The van der Waals surface area contributed by atoms with Crippen LogP contribution in [0.15, 0.2) is 24.3 Å². The molecule has 0 radical (unpaired) electrons. The third kappa shape index (κ3) is 4.05. The van der Waals surface area contributed by atoms with Crippen molar-refractivity contribution in [1.82, 2.24) is 15.0 Å². The van der Waals surface area contributed by atoms with Gasteiger partial charge in [-0.1, -0.05) is 39.0 Å². The standard InChI is InChI=1S/C15H21N5O/c1-4-9-21-15-19-13(16)18-14(20-15)17-12-8-6-5-7-11(12)10(2)3/h5-8,10H,4,9H2,1-3H3,(H3,16,17,18,19,20). The third-order valence-electron chi connectivity index (χ3n) is 2.90. The van der Waals surface area contributed by atoms with Gasteiger partial charge in [0, 0.05) is 5.69 Å². The highest BCUT2D eigenvalue weighted by atomic mass is 16.5. The smallest absolute Gasteiger partial charge is 0.323 e. The summed E-state index contributed by atoms with van der Waals surface area (Å²) in [6, 6.07) is 8.29. The van der Waals surface area contributed by atoms with E-state index in [9.17, 15) is 0 Å². The molecule has 112 valence electrons. The molecule has 0 fully saturated rings. The predicted molar refractivity (Wildman–Crippen MR) is 83.8 cm³/mol. The van der Waals surface area contributed by atoms with E-state index in [-0.39, 0.29) is 12.0 Å². The highest BCUT2D eigenvalue weighted by molar-refractivity contribution is 5.59. The van der Waals surface area contributed by atoms with Gasteiger partial charge in [-0.2, -0.15) is 15.0 Å². The van der Waals surface area contributed by atoms with Gasteiger partial charge < -0.3 is 15.8 Å². The number of benzene rings is 1. The Hall–Kier alpha value is -2.37. The fraction of sp³-hybridized carbons (Fsp3) is 0.400. The molecule has 21 heavy (non-hydrogen) atoms. The van der Waals surface area contributed by atoms with Gasteiger partial charge in [-0.25, -0.2) is 0 Å². The number of hydrogen-bond acceptors (Lipinski definition) is 6. The number of nitrogens with one attached hydrogen (secondary N) is 1. The van der Waals surface area contributed by atoms with Gasteiger partial charge in [0.15, 0.2) is 0 Å². The zero-order valence-corrected chi connectivity index (χ0v) is 12.6. The van der Waals surface area contributed by atoms with Gasteiger partial charge in [0.1, 0.15) is 0 Å². The van der Waals surface area contributed by atoms with Crippen LogP contribution in [-0.4, -0.2) is 21.6 Å². The Bertz CT molecular complexity index is 600. The third-order valence-corrected chi connectivity index (χ3v) is 2.90. The van der Waals surface area contributed by atoms with Crippen LogP contribution in [0.5, 0.6) is 6.01 Å². The largest absolute Gasteiger partial charge is 0.463 e. The quantitative estimate of drug-likeness (QED) is 0.849. The number of para-hydroxylation sites is 1. The van der Waals surface area contributed by atoms with E-state index in [4.69, 9.17) is 10.5 Å². The summed E-state index contributed by atoms with van der Waals surface area (Å²) in [7, 11) is 0. The van der Waals surface area contributed by atoms with Crippen molar-refractivity contribution >= 4 is 17.6 Å². The van der Waals surface area contributed by atoms with Gasteiger partial charge in [-0.05, 0) is 24.0 Å². The lowest BCUT2D eigenvalue weighted by molar-refractivity contribution is 0.292. The van der Waals surface area contributed by atoms with E-state index in [2.05, 4.69) is 40.2 Å². The Kier molecular flexibility index (Phi) is 4.92. The van der Waals surface area contributed by atoms with E-state index in [0.717, 1.165) is 12.1 Å². The van der Waals surface area contributed by atoms with Crippen molar-refractivity contribution < 1.29 is 4.74 Å². The van der Waals surface area contributed by atoms with E-state index in [1.807, 2.05) is 25.1 Å². The molecule has 1 heterocycles. The molecule has 0 aliphatic carbocycles. The lowest BCUT2D eigenvalue weighted by Gasteiger charge is -2.14. The Morgan fingerprint density at radius 2 is 1.95 bits per heavy atom.